The number of alkyl halides is 3. The maximum absolute atomic E-state index is 13.7. The number of ether oxygens (including phenoxy) is 3. The maximum atomic E-state index is 13.7. The molecule has 1 aromatic rings. The summed E-state index contributed by atoms with van der Waals surface area (Å²) in [6.07, 6.45) is -2.64. The third-order valence-electron chi connectivity index (χ3n) is 4.15. The molecule has 146 valence electrons. The van der Waals surface area contributed by atoms with E-state index >= 15 is 0 Å². The van der Waals surface area contributed by atoms with E-state index in [1.165, 1.54) is 19.2 Å². The first-order valence-electron chi connectivity index (χ1n) is 7.85. The van der Waals surface area contributed by atoms with Crippen molar-refractivity contribution >= 4 is 5.78 Å². The molecule has 2 unspecified atom stereocenters. The second kappa shape index (κ2) is 7.87. The second-order valence-corrected chi connectivity index (χ2v) is 5.70. The second-order valence-electron chi connectivity index (χ2n) is 5.70. The van der Waals surface area contributed by atoms with Gasteiger partial charge in [-0.3, -0.25) is 4.79 Å². The van der Waals surface area contributed by atoms with Gasteiger partial charge in [-0.1, -0.05) is 36.4 Å². The van der Waals surface area contributed by atoms with Crippen LogP contribution in [-0.4, -0.2) is 44.0 Å². The van der Waals surface area contributed by atoms with Crippen LogP contribution in [0, 0.1) is 5.92 Å². The number of ketones is 1. The molecule has 0 heterocycles. The van der Waals surface area contributed by atoms with Gasteiger partial charge in [0.2, 0.25) is 0 Å². The van der Waals surface area contributed by atoms with Gasteiger partial charge in [0.15, 0.2) is 28.7 Å². The fraction of sp³-hybridized carbons (Fsp3) is 0.316. The first kappa shape index (κ1) is 20.6. The van der Waals surface area contributed by atoms with Crippen molar-refractivity contribution in [1.82, 2.24) is 0 Å². The van der Waals surface area contributed by atoms with Gasteiger partial charge in [-0.25, -0.2) is 0 Å². The van der Waals surface area contributed by atoms with Gasteiger partial charge in [0.05, 0.1) is 27.2 Å². The zero-order valence-electron chi connectivity index (χ0n) is 14.9. The number of carbonyl (C=O) groups is 1. The van der Waals surface area contributed by atoms with E-state index < -0.39 is 23.5 Å². The van der Waals surface area contributed by atoms with Crippen molar-refractivity contribution < 1.29 is 37.3 Å². The Balaban J connectivity index is 2.54. The third-order valence-corrected chi connectivity index (χ3v) is 4.15. The molecule has 0 saturated carbocycles. The van der Waals surface area contributed by atoms with Crippen LogP contribution in [0.1, 0.15) is 10.4 Å². The van der Waals surface area contributed by atoms with E-state index in [1.807, 2.05) is 0 Å². The molecule has 0 aromatic heterocycles. The summed E-state index contributed by atoms with van der Waals surface area (Å²) >= 11 is 0. The van der Waals surface area contributed by atoms with Crippen LogP contribution in [0.15, 0.2) is 65.8 Å². The normalized spacial score (nSPS) is 23.2. The zero-order valence-corrected chi connectivity index (χ0v) is 14.9. The Labute approximate surface area is 154 Å². The topological polar surface area (TPSA) is 65.0 Å². The van der Waals surface area contributed by atoms with Crippen LogP contribution in [-0.2, 0) is 14.2 Å². The monoisotopic (exact) mass is 384 g/mol. The van der Waals surface area contributed by atoms with E-state index in [0.29, 0.717) is 11.6 Å². The van der Waals surface area contributed by atoms with E-state index in [0.717, 1.165) is 26.4 Å². The molecule has 2 atom stereocenters. The molecular formula is C19H19F3O5. The minimum absolute atomic E-state index is 0.101. The predicted molar refractivity (Wildman–Crippen MR) is 90.5 cm³/mol. The number of halogens is 3. The van der Waals surface area contributed by atoms with E-state index in [2.05, 4.69) is 0 Å². The molecule has 1 aromatic carbocycles. The quantitative estimate of drug-likeness (QED) is 0.602. The van der Waals surface area contributed by atoms with Gasteiger partial charge in [-0.05, 0) is 6.08 Å². The fourth-order valence-electron chi connectivity index (χ4n) is 2.76. The zero-order chi connectivity index (χ0) is 20.2. The highest BCUT2D eigenvalue weighted by Gasteiger charge is 2.61. The standard InChI is InChI=1S/C19H19F3O5/c1-25-15-11-18(24,19(20,21)22)13(16(26-2)17(15)27-3)9-10-14(23)12-7-5-4-6-8-12/h4-11,13,24H,1-3H3/b10-9+. The van der Waals surface area contributed by atoms with Crippen molar-refractivity contribution in [1.29, 1.82) is 0 Å². The van der Waals surface area contributed by atoms with Crippen molar-refractivity contribution in [2.24, 2.45) is 5.92 Å². The lowest BCUT2D eigenvalue weighted by molar-refractivity contribution is -0.254. The van der Waals surface area contributed by atoms with Crippen LogP contribution in [0.2, 0.25) is 0 Å². The number of benzene rings is 1. The van der Waals surface area contributed by atoms with Crippen molar-refractivity contribution in [3.05, 3.63) is 71.4 Å². The van der Waals surface area contributed by atoms with Crippen LogP contribution in [0.3, 0.4) is 0 Å². The largest absolute Gasteiger partial charge is 0.496 e. The summed E-state index contributed by atoms with van der Waals surface area (Å²) in [6.45, 7) is 0. The number of hydrogen-bond acceptors (Lipinski definition) is 5. The Bertz CT molecular complexity index is 780. The molecule has 1 aliphatic rings. The van der Waals surface area contributed by atoms with E-state index in [1.54, 1.807) is 18.2 Å². The van der Waals surface area contributed by atoms with Crippen molar-refractivity contribution in [2.75, 3.05) is 21.3 Å². The summed E-state index contributed by atoms with van der Waals surface area (Å²) in [7, 11) is 3.52. The molecule has 2 rings (SSSR count). The SMILES string of the molecule is COC1=CC(O)(C(F)(F)F)C(/C=C/C(=O)c2ccccc2)C(OC)=C1OC. The Kier molecular flexibility index (Phi) is 6.00. The minimum Gasteiger partial charge on any atom is -0.496 e. The summed E-state index contributed by atoms with van der Waals surface area (Å²) < 4.78 is 56.1. The fourth-order valence-corrected chi connectivity index (χ4v) is 2.76. The molecule has 8 heteroatoms. The van der Waals surface area contributed by atoms with Crippen molar-refractivity contribution in [3.8, 4) is 0 Å². The molecule has 0 saturated heterocycles. The van der Waals surface area contributed by atoms with Gasteiger partial charge in [-0.2, -0.15) is 13.2 Å². The van der Waals surface area contributed by atoms with Gasteiger partial charge < -0.3 is 19.3 Å². The number of carbonyl (C=O) groups excluding carboxylic acids is 1. The maximum Gasteiger partial charge on any atom is 0.422 e. The first-order valence-corrected chi connectivity index (χ1v) is 7.85. The molecule has 0 spiro atoms. The average Bonchev–Trinajstić information content (AvgIpc) is 2.65. The number of methoxy groups -OCH3 is 3. The lowest BCUT2D eigenvalue weighted by Crippen LogP contribution is -2.52. The molecule has 27 heavy (non-hydrogen) atoms. The van der Waals surface area contributed by atoms with Crippen LogP contribution in [0.5, 0.6) is 0 Å². The molecule has 1 N–H and O–H groups in total. The lowest BCUT2D eigenvalue weighted by atomic mass is 9.79. The number of allylic oxidation sites excluding steroid dienone is 1. The van der Waals surface area contributed by atoms with Crippen LogP contribution >= 0.6 is 0 Å². The van der Waals surface area contributed by atoms with Crippen LogP contribution in [0.4, 0.5) is 13.2 Å². The smallest absolute Gasteiger partial charge is 0.422 e. The van der Waals surface area contributed by atoms with Gasteiger partial charge >= 0.3 is 6.18 Å². The van der Waals surface area contributed by atoms with Crippen molar-refractivity contribution in [3.63, 3.8) is 0 Å². The molecule has 0 aliphatic heterocycles. The van der Waals surface area contributed by atoms with Crippen LogP contribution < -0.4 is 0 Å². The van der Waals surface area contributed by atoms with Gasteiger partial charge in [0, 0.05) is 11.6 Å². The number of hydrogen-bond donors (Lipinski definition) is 1. The molecule has 1 aliphatic carbocycles. The molecular weight excluding hydrogens is 365 g/mol. The molecule has 0 radical (unpaired) electrons. The Morgan fingerprint density at radius 2 is 1.74 bits per heavy atom. The van der Waals surface area contributed by atoms with Gasteiger partial charge in [-0.15, -0.1) is 0 Å². The number of aliphatic hydroxyl groups is 1. The summed E-state index contributed by atoms with van der Waals surface area (Å²) in [4.78, 5) is 12.2. The summed E-state index contributed by atoms with van der Waals surface area (Å²) in [5.41, 5.74) is -3.05. The Morgan fingerprint density at radius 3 is 2.22 bits per heavy atom. The first-order chi connectivity index (χ1) is 12.7. The van der Waals surface area contributed by atoms with E-state index in [9.17, 15) is 23.1 Å². The Morgan fingerprint density at radius 1 is 1.11 bits per heavy atom. The third kappa shape index (κ3) is 3.85. The van der Waals surface area contributed by atoms with E-state index in [-0.39, 0.29) is 17.3 Å². The summed E-state index contributed by atoms with van der Waals surface area (Å²) in [6, 6.07) is 8.02. The molecule has 0 fully saturated rings. The molecule has 5 nitrogen and oxygen atoms in total. The Hall–Kier alpha value is -2.74. The van der Waals surface area contributed by atoms with Crippen LogP contribution in [0.25, 0.3) is 0 Å². The minimum atomic E-state index is -5.06. The highest BCUT2D eigenvalue weighted by atomic mass is 19.4. The van der Waals surface area contributed by atoms with Gasteiger partial charge in [0.1, 0.15) is 0 Å². The van der Waals surface area contributed by atoms with E-state index in [4.69, 9.17) is 14.2 Å². The summed E-state index contributed by atoms with van der Waals surface area (Å²) in [5.74, 6) is -3.00. The summed E-state index contributed by atoms with van der Waals surface area (Å²) in [5, 5.41) is 10.5. The molecule has 0 bridgehead atoms. The lowest BCUT2D eigenvalue weighted by Gasteiger charge is -2.38. The predicted octanol–water partition coefficient (Wildman–Crippen LogP) is 3.38. The van der Waals surface area contributed by atoms with Crippen molar-refractivity contribution in [2.45, 2.75) is 11.8 Å². The average molecular weight is 384 g/mol. The highest BCUT2D eigenvalue weighted by molar-refractivity contribution is 6.04. The molecule has 0 amide bonds. The number of rotatable bonds is 6. The highest BCUT2D eigenvalue weighted by Crippen LogP contribution is 2.47. The van der Waals surface area contributed by atoms with Gasteiger partial charge in [0.25, 0.3) is 0 Å².